The molecule has 1 aromatic carbocycles. The van der Waals surface area contributed by atoms with Gasteiger partial charge >= 0.3 is 0 Å². The van der Waals surface area contributed by atoms with E-state index >= 15 is 0 Å². The number of rotatable bonds is 2. The maximum Gasteiger partial charge on any atom is 0.251 e. The van der Waals surface area contributed by atoms with E-state index in [1.165, 1.54) is 0 Å². The Balaban J connectivity index is 1.79. The van der Waals surface area contributed by atoms with E-state index in [-0.39, 0.29) is 11.9 Å². The summed E-state index contributed by atoms with van der Waals surface area (Å²) in [5.74, 6) is 0.00944. The highest BCUT2D eigenvalue weighted by atomic mass is 16.1. The third-order valence-corrected chi connectivity index (χ3v) is 3.21. The van der Waals surface area contributed by atoms with Crippen LogP contribution in [0, 0.1) is 0 Å². The van der Waals surface area contributed by atoms with Gasteiger partial charge in [-0.3, -0.25) is 4.79 Å². The van der Waals surface area contributed by atoms with Gasteiger partial charge < -0.3 is 15.6 Å². The molecule has 3 N–H and O–H groups in total. The molecule has 1 aliphatic rings. The fourth-order valence-corrected chi connectivity index (χ4v) is 2.24. The summed E-state index contributed by atoms with van der Waals surface area (Å²) in [7, 11) is 0. The number of aromatic amines is 1. The summed E-state index contributed by atoms with van der Waals surface area (Å²) in [6.07, 6.45) is 2.89. The van der Waals surface area contributed by atoms with E-state index in [1.807, 2.05) is 30.5 Å². The van der Waals surface area contributed by atoms with E-state index in [0.717, 1.165) is 30.4 Å². The number of carbonyl (C=O) groups excluding carboxylic acids is 1. The summed E-state index contributed by atoms with van der Waals surface area (Å²) in [6.45, 7) is 1.86. The second-order valence-electron chi connectivity index (χ2n) is 4.44. The topological polar surface area (TPSA) is 56.9 Å². The smallest absolute Gasteiger partial charge is 0.251 e. The molecule has 0 saturated carbocycles. The summed E-state index contributed by atoms with van der Waals surface area (Å²) >= 11 is 0. The van der Waals surface area contributed by atoms with Gasteiger partial charge in [0.05, 0.1) is 0 Å². The average molecular weight is 229 g/mol. The van der Waals surface area contributed by atoms with Gasteiger partial charge in [-0.1, -0.05) is 6.07 Å². The second-order valence-corrected chi connectivity index (χ2v) is 4.44. The lowest BCUT2D eigenvalue weighted by Crippen LogP contribution is -2.36. The Morgan fingerprint density at radius 2 is 2.29 bits per heavy atom. The molecule has 1 fully saturated rings. The van der Waals surface area contributed by atoms with Gasteiger partial charge in [-0.15, -0.1) is 0 Å². The maximum atomic E-state index is 12.0. The van der Waals surface area contributed by atoms with Crippen LogP contribution in [-0.2, 0) is 0 Å². The third-order valence-electron chi connectivity index (χ3n) is 3.21. The minimum atomic E-state index is 0.00944. The molecule has 3 rings (SSSR count). The molecule has 1 aromatic heterocycles. The zero-order valence-corrected chi connectivity index (χ0v) is 9.49. The molecular formula is C13H15N3O. The molecular weight excluding hydrogens is 214 g/mol. The van der Waals surface area contributed by atoms with Crippen molar-refractivity contribution >= 4 is 16.8 Å². The van der Waals surface area contributed by atoms with E-state index in [9.17, 15) is 4.79 Å². The van der Waals surface area contributed by atoms with Crippen LogP contribution < -0.4 is 10.6 Å². The second kappa shape index (κ2) is 4.22. The predicted octanol–water partition coefficient (Wildman–Crippen LogP) is 1.26. The lowest BCUT2D eigenvalue weighted by molar-refractivity contribution is 0.0940. The van der Waals surface area contributed by atoms with Crippen molar-refractivity contribution in [1.29, 1.82) is 0 Å². The number of nitrogens with one attached hydrogen (secondary N) is 3. The first-order chi connectivity index (χ1) is 8.33. The van der Waals surface area contributed by atoms with Crippen LogP contribution in [0.1, 0.15) is 16.8 Å². The monoisotopic (exact) mass is 229 g/mol. The molecule has 4 heteroatoms. The SMILES string of the molecule is O=C(N[C@@H]1CCNC1)c1ccc2cc[nH]c2c1. The average Bonchev–Trinajstić information content (AvgIpc) is 2.97. The van der Waals surface area contributed by atoms with E-state index in [1.54, 1.807) is 0 Å². The Hall–Kier alpha value is -1.81. The number of fused-ring (bicyclic) bond motifs is 1. The van der Waals surface area contributed by atoms with Crippen LogP contribution in [-0.4, -0.2) is 30.0 Å². The summed E-state index contributed by atoms with van der Waals surface area (Å²) in [6, 6.07) is 7.99. The molecule has 1 saturated heterocycles. The van der Waals surface area contributed by atoms with Gasteiger partial charge in [-0.25, -0.2) is 0 Å². The highest BCUT2D eigenvalue weighted by Gasteiger charge is 2.17. The quantitative estimate of drug-likeness (QED) is 0.726. The maximum absolute atomic E-state index is 12.0. The van der Waals surface area contributed by atoms with E-state index in [2.05, 4.69) is 15.6 Å². The van der Waals surface area contributed by atoms with Crippen LogP contribution in [0.3, 0.4) is 0 Å². The van der Waals surface area contributed by atoms with Crippen molar-refractivity contribution in [1.82, 2.24) is 15.6 Å². The number of carbonyl (C=O) groups is 1. The van der Waals surface area contributed by atoms with Crippen LogP contribution in [0.2, 0.25) is 0 Å². The molecule has 0 radical (unpaired) electrons. The van der Waals surface area contributed by atoms with Gasteiger partial charge in [0.1, 0.15) is 0 Å². The van der Waals surface area contributed by atoms with Crippen molar-refractivity contribution in [3.8, 4) is 0 Å². The predicted molar refractivity (Wildman–Crippen MR) is 67.0 cm³/mol. The number of aromatic nitrogens is 1. The van der Waals surface area contributed by atoms with Crippen molar-refractivity contribution in [2.75, 3.05) is 13.1 Å². The Bertz CT molecular complexity index is 540. The van der Waals surface area contributed by atoms with Crippen molar-refractivity contribution in [3.05, 3.63) is 36.0 Å². The molecule has 17 heavy (non-hydrogen) atoms. The fraction of sp³-hybridized carbons (Fsp3) is 0.308. The van der Waals surface area contributed by atoms with Crippen LogP contribution in [0.15, 0.2) is 30.5 Å². The first-order valence-electron chi connectivity index (χ1n) is 5.92. The van der Waals surface area contributed by atoms with Crippen molar-refractivity contribution in [2.24, 2.45) is 0 Å². The van der Waals surface area contributed by atoms with Crippen molar-refractivity contribution in [3.63, 3.8) is 0 Å². The fourth-order valence-electron chi connectivity index (χ4n) is 2.24. The van der Waals surface area contributed by atoms with Gasteiger partial charge in [-0.05, 0) is 36.6 Å². The van der Waals surface area contributed by atoms with Crippen LogP contribution >= 0.6 is 0 Å². The Labute approximate surface area is 99.4 Å². The number of H-pyrrole nitrogens is 1. The molecule has 88 valence electrons. The minimum absolute atomic E-state index is 0.00944. The molecule has 2 heterocycles. The zero-order chi connectivity index (χ0) is 11.7. The van der Waals surface area contributed by atoms with Crippen LogP contribution in [0.5, 0.6) is 0 Å². The van der Waals surface area contributed by atoms with Crippen molar-refractivity contribution in [2.45, 2.75) is 12.5 Å². The van der Waals surface area contributed by atoms with Gasteiger partial charge in [0.2, 0.25) is 0 Å². The standard InChI is InChI=1S/C13H15N3O/c17-13(16-11-4-5-14-8-11)10-2-1-9-3-6-15-12(9)7-10/h1-3,6-7,11,14-15H,4-5,8H2,(H,16,17)/t11-/m1/s1. The molecule has 2 aromatic rings. The highest BCUT2D eigenvalue weighted by molar-refractivity contribution is 5.98. The molecule has 1 aliphatic heterocycles. The Morgan fingerprint density at radius 3 is 3.12 bits per heavy atom. The lowest BCUT2D eigenvalue weighted by atomic mass is 10.1. The molecule has 4 nitrogen and oxygen atoms in total. The highest BCUT2D eigenvalue weighted by Crippen LogP contribution is 2.14. The largest absolute Gasteiger partial charge is 0.361 e. The lowest BCUT2D eigenvalue weighted by Gasteiger charge is -2.11. The normalized spacial score (nSPS) is 19.6. The Kier molecular flexibility index (Phi) is 2.57. The van der Waals surface area contributed by atoms with Crippen LogP contribution in [0.4, 0.5) is 0 Å². The minimum Gasteiger partial charge on any atom is -0.361 e. The Morgan fingerprint density at radius 1 is 1.35 bits per heavy atom. The number of amides is 1. The summed E-state index contributed by atoms with van der Waals surface area (Å²) in [5.41, 5.74) is 1.72. The summed E-state index contributed by atoms with van der Waals surface area (Å²) in [5, 5.41) is 7.40. The number of hydrogen-bond donors (Lipinski definition) is 3. The summed E-state index contributed by atoms with van der Waals surface area (Å²) in [4.78, 5) is 15.1. The molecule has 0 unspecified atom stereocenters. The molecule has 1 atom stereocenters. The molecule has 0 spiro atoms. The van der Waals surface area contributed by atoms with Gasteiger partial charge in [0, 0.05) is 29.9 Å². The first-order valence-corrected chi connectivity index (χ1v) is 5.92. The molecule has 0 bridgehead atoms. The van der Waals surface area contributed by atoms with Crippen LogP contribution in [0.25, 0.3) is 10.9 Å². The third kappa shape index (κ3) is 2.03. The number of hydrogen-bond acceptors (Lipinski definition) is 2. The van der Waals surface area contributed by atoms with E-state index < -0.39 is 0 Å². The first kappa shape index (κ1) is 10.4. The van der Waals surface area contributed by atoms with E-state index in [0.29, 0.717) is 5.56 Å². The van der Waals surface area contributed by atoms with Gasteiger partial charge in [0.15, 0.2) is 0 Å². The van der Waals surface area contributed by atoms with Crippen molar-refractivity contribution < 1.29 is 4.79 Å². The molecule has 1 amide bonds. The summed E-state index contributed by atoms with van der Waals surface area (Å²) < 4.78 is 0. The van der Waals surface area contributed by atoms with E-state index in [4.69, 9.17) is 0 Å². The zero-order valence-electron chi connectivity index (χ0n) is 9.49. The number of benzene rings is 1. The molecule has 0 aliphatic carbocycles. The van der Waals surface area contributed by atoms with Gasteiger partial charge in [-0.2, -0.15) is 0 Å². The van der Waals surface area contributed by atoms with Gasteiger partial charge in [0.25, 0.3) is 5.91 Å².